The second-order valence-electron chi connectivity index (χ2n) is 14.4. The second kappa shape index (κ2) is 17.5. The largest absolute Gasteiger partial charge is 0.465 e. The van der Waals surface area contributed by atoms with Gasteiger partial charge in [0.25, 0.3) is 11.8 Å². The number of carbonyl (C=O) groups is 6. The van der Waals surface area contributed by atoms with Crippen LogP contribution in [0.25, 0.3) is 11.2 Å². The fourth-order valence-corrected chi connectivity index (χ4v) is 7.29. The second-order valence-corrected chi connectivity index (χ2v) is 14.4. The summed E-state index contributed by atoms with van der Waals surface area (Å²) in [6, 6.07) is -2.76. The Morgan fingerprint density at radius 2 is 1.70 bits per heavy atom. The summed E-state index contributed by atoms with van der Waals surface area (Å²) in [5.41, 5.74) is 4.98. The van der Waals surface area contributed by atoms with Crippen LogP contribution in [-0.4, -0.2) is 112 Å². The molecule has 19 heteroatoms. The van der Waals surface area contributed by atoms with Crippen LogP contribution in [-0.2, 0) is 24.8 Å². The molecule has 290 valence electrons. The van der Waals surface area contributed by atoms with Crippen molar-refractivity contribution in [3.63, 3.8) is 0 Å². The van der Waals surface area contributed by atoms with Gasteiger partial charge in [0.15, 0.2) is 5.65 Å². The maximum atomic E-state index is 14.8. The number of pyridine rings is 1. The Balaban J connectivity index is 1.45. The Morgan fingerprint density at radius 3 is 2.41 bits per heavy atom. The number of nitrogens with zero attached hydrogens (tertiary/aromatic N) is 7. The van der Waals surface area contributed by atoms with Crippen molar-refractivity contribution >= 4 is 46.7 Å². The number of fused-ring (bicyclic) bond motifs is 1. The molecule has 2 fully saturated rings. The van der Waals surface area contributed by atoms with Crippen LogP contribution in [0, 0.1) is 5.92 Å². The standard InChI is InChI=1S/C35H47N11O8/c1-35(2,54)26-18-41-44-46(26)21-17-25(32(50)42-23(28(47)29(36)48)10-6-7-12-40-34(52)53)45(19-21)33(51)24(16-20-8-4-3-5-9-20)43-31(49)22-11-13-38-30-27(22)37-14-15-39-30/h11,13-15,18,20-21,23-25,40,54H,3-10,12,16-17,19H2,1-2H3,(H2,36,48)(H,42,50)(H,43,49)(H,52,53)/t21-,23?,24?,25-/m0/s1. The number of Topliss-reactive ketones (excluding diaryl/α,β-unsaturated/α-hetero) is 1. The van der Waals surface area contributed by atoms with E-state index in [1.807, 2.05) is 0 Å². The van der Waals surface area contributed by atoms with Crippen LogP contribution in [0.5, 0.6) is 0 Å². The SMILES string of the molecule is CC(C)(O)c1cnnn1[C@H]1C[C@@H](C(=O)NC(CCCCNC(=O)O)C(=O)C(N)=O)N(C(=O)C(CC2CCCCC2)NC(=O)c2ccnc3nccnc23)C1. The third-order valence-corrected chi connectivity index (χ3v) is 10.00. The van der Waals surface area contributed by atoms with Gasteiger partial charge in [-0.1, -0.05) is 37.3 Å². The van der Waals surface area contributed by atoms with Gasteiger partial charge in [-0.15, -0.1) is 5.10 Å². The van der Waals surface area contributed by atoms with Crippen molar-refractivity contribution in [3.05, 3.63) is 42.1 Å². The van der Waals surface area contributed by atoms with Gasteiger partial charge in [0.2, 0.25) is 17.6 Å². The highest BCUT2D eigenvalue weighted by atomic mass is 16.4. The molecule has 5 amide bonds. The van der Waals surface area contributed by atoms with Crippen molar-refractivity contribution in [2.45, 2.75) is 108 Å². The van der Waals surface area contributed by atoms with Crippen LogP contribution in [0.2, 0.25) is 0 Å². The van der Waals surface area contributed by atoms with Crippen LogP contribution >= 0.6 is 0 Å². The van der Waals surface area contributed by atoms with E-state index in [9.17, 15) is 33.9 Å². The highest BCUT2D eigenvalue weighted by molar-refractivity contribution is 6.37. The minimum Gasteiger partial charge on any atom is -0.465 e. The van der Waals surface area contributed by atoms with Crippen molar-refractivity contribution in [1.82, 2.24) is 50.8 Å². The predicted molar refractivity (Wildman–Crippen MR) is 190 cm³/mol. The summed E-state index contributed by atoms with van der Waals surface area (Å²) in [7, 11) is 0. The Morgan fingerprint density at radius 1 is 0.981 bits per heavy atom. The fourth-order valence-electron chi connectivity index (χ4n) is 7.29. The molecule has 7 N–H and O–H groups in total. The van der Waals surface area contributed by atoms with E-state index in [1.54, 1.807) is 13.8 Å². The molecule has 4 heterocycles. The number of amides is 5. The first kappa shape index (κ1) is 39.6. The summed E-state index contributed by atoms with van der Waals surface area (Å²) in [5, 5.41) is 35.6. The molecule has 1 aliphatic carbocycles. The zero-order chi connectivity index (χ0) is 39.0. The van der Waals surface area contributed by atoms with E-state index in [2.05, 4.69) is 41.2 Å². The number of likely N-dealkylation sites (tertiary alicyclic amines) is 1. The van der Waals surface area contributed by atoms with E-state index in [1.165, 1.54) is 40.4 Å². The summed E-state index contributed by atoms with van der Waals surface area (Å²) < 4.78 is 1.46. The molecule has 2 unspecified atom stereocenters. The summed E-state index contributed by atoms with van der Waals surface area (Å²) in [4.78, 5) is 92.5. The van der Waals surface area contributed by atoms with Crippen molar-refractivity contribution in [3.8, 4) is 0 Å². The highest BCUT2D eigenvalue weighted by Gasteiger charge is 2.45. The van der Waals surface area contributed by atoms with E-state index in [0.717, 1.165) is 32.1 Å². The minimum absolute atomic E-state index is 0.00129. The van der Waals surface area contributed by atoms with E-state index in [0.29, 0.717) is 18.5 Å². The highest BCUT2D eigenvalue weighted by Crippen LogP contribution is 2.33. The minimum atomic E-state index is -1.37. The van der Waals surface area contributed by atoms with Crippen LogP contribution in [0.3, 0.4) is 0 Å². The van der Waals surface area contributed by atoms with Crippen molar-refractivity contribution in [2.24, 2.45) is 11.7 Å². The number of aliphatic hydroxyl groups is 1. The van der Waals surface area contributed by atoms with Crippen molar-refractivity contribution in [1.29, 1.82) is 0 Å². The number of aromatic nitrogens is 6. The quantitative estimate of drug-likeness (QED) is 0.0872. The lowest BCUT2D eigenvalue weighted by Crippen LogP contribution is -2.56. The third kappa shape index (κ3) is 9.68. The van der Waals surface area contributed by atoms with Crippen molar-refractivity contribution < 1.29 is 39.0 Å². The zero-order valence-electron chi connectivity index (χ0n) is 30.3. The summed E-state index contributed by atoms with van der Waals surface area (Å²) >= 11 is 0. The van der Waals surface area contributed by atoms with Crippen LogP contribution in [0.4, 0.5) is 4.79 Å². The van der Waals surface area contributed by atoms with E-state index < -0.39 is 65.3 Å². The molecule has 1 aliphatic heterocycles. The van der Waals surface area contributed by atoms with E-state index in [4.69, 9.17) is 10.8 Å². The lowest BCUT2D eigenvalue weighted by molar-refractivity contribution is -0.142. The van der Waals surface area contributed by atoms with Gasteiger partial charge in [0.1, 0.15) is 23.2 Å². The number of nitrogens with one attached hydrogen (secondary N) is 3. The number of unbranched alkanes of at least 4 members (excludes halogenated alkanes) is 1. The number of hydrogen-bond acceptors (Lipinski definition) is 12. The zero-order valence-corrected chi connectivity index (χ0v) is 30.3. The van der Waals surface area contributed by atoms with Gasteiger partial charge in [-0.05, 0) is 51.5 Å². The van der Waals surface area contributed by atoms with E-state index in [-0.39, 0.29) is 55.0 Å². The normalized spacial score (nSPS) is 18.8. The summed E-state index contributed by atoms with van der Waals surface area (Å²) in [5.74, 6) is -4.03. The third-order valence-electron chi connectivity index (χ3n) is 10.00. The first-order valence-corrected chi connectivity index (χ1v) is 18.2. The summed E-state index contributed by atoms with van der Waals surface area (Å²) in [6.07, 6.45) is 10.1. The van der Waals surface area contributed by atoms with Gasteiger partial charge in [-0.3, -0.25) is 29.0 Å². The Kier molecular flexibility index (Phi) is 12.8. The average Bonchev–Trinajstić information content (AvgIpc) is 3.82. The monoisotopic (exact) mass is 749 g/mol. The number of ketones is 1. The average molecular weight is 750 g/mol. The molecule has 2 aliphatic rings. The fraction of sp³-hybridized carbons (Fsp3) is 0.571. The number of nitrogens with two attached hydrogens (primary N) is 1. The van der Waals surface area contributed by atoms with Crippen LogP contribution in [0.15, 0.2) is 30.9 Å². The molecule has 5 rings (SSSR count). The number of carboxylic acid groups (broad SMARTS) is 1. The molecule has 3 aromatic heterocycles. The first-order chi connectivity index (χ1) is 25.7. The molecule has 4 atom stereocenters. The maximum Gasteiger partial charge on any atom is 0.404 e. The summed E-state index contributed by atoms with van der Waals surface area (Å²) in [6.45, 7) is 3.14. The maximum absolute atomic E-state index is 14.8. The molecular formula is C35H47N11O8. The number of carbonyl (C=O) groups excluding carboxylic acids is 5. The molecule has 0 spiro atoms. The lowest BCUT2D eigenvalue weighted by atomic mass is 9.84. The number of rotatable bonds is 16. The molecule has 1 saturated carbocycles. The topological polar surface area (TPSA) is 278 Å². The van der Waals surface area contributed by atoms with Crippen LogP contribution < -0.4 is 21.7 Å². The molecule has 3 aromatic rings. The van der Waals surface area contributed by atoms with Gasteiger partial charge in [-0.25, -0.2) is 19.4 Å². The van der Waals surface area contributed by atoms with Gasteiger partial charge in [-0.2, -0.15) is 0 Å². The first-order valence-electron chi connectivity index (χ1n) is 18.2. The molecule has 1 saturated heterocycles. The predicted octanol–water partition coefficient (Wildman–Crippen LogP) is 0.732. The molecule has 0 aromatic carbocycles. The van der Waals surface area contributed by atoms with Gasteiger partial charge >= 0.3 is 6.09 Å². The number of hydrogen-bond donors (Lipinski definition) is 6. The molecule has 0 radical (unpaired) electrons. The number of primary amides is 1. The van der Waals surface area contributed by atoms with Crippen molar-refractivity contribution in [2.75, 3.05) is 13.1 Å². The Hall–Kier alpha value is -5.59. The molecule has 19 nitrogen and oxygen atoms in total. The van der Waals surface area contributed by atoms with Gasteiger partial charge < -0.3 is 36.8 Å². The smallest absolute Gasteiger partial charge is 0.404 e. The Bertz CT molecular complexity index is 1850. The van der Waals surface area contributed by atoms with Crippen LogP contribution in [0.1, 0.15) is 100 Å². The van der Waals surface area contributed by atoms with Gasteiger partial charge in [0, 0.05) is 38.1 Å². The molecular weight excluding hydrogens is 702 g/mol. The van der Waals surface area contributed by atoms with E-state index >= 15 is 0 Å². The Labute approximate surface area is 310 Å². The lowest BCUT2D eigenvalue weighted by Gasteiger charge is -2.32. The van der Waals surface area contributed by atoms with Gasteiger partial charge in [0.05, 0.1) is 29.5 Å². The molecule has 0 bridgehead atoms. The molecule has 54 heavy (non-hydrogen) atoms.